The van der Waals surface area contributed by atoms with E-state index in [0.717, 1.165) is 0 Å². The lowest BCUT2D eigenvalue weighted by Gasteiger charge is -2.41. The van der Waals surface area contributed by atoms with Gasteiger partial charge in [-0.2, -0.15) is 4.98 Å². The Hall–Kier alpha value is -4.26. The summed E-state index contributed by atoms with van der Waals surface area (Å²) >= 11 is 18.6. The van der Waals surface area contributed by atoms with Crippen LogP contribution in [0.25, 0.3) is 5.95 Å². The van der Waals surface area contributed by atoms with E-state index >= 15 is 0 Å². The van der Waals surface area contributed by atoms with Crippen LogP contribution in [0.2, 0.25) is 15.2 Å². The smallest absolute Gasteiger partial charge is 0.244 e. The second-order valence-electron chi connectivity index (χ2n) is 10.0. The van der Waals surface area contributed by atoms with Crippen molar-refractivity contribution in [2.75, 3.05) is 45.9 Å². The Bertz CT molecular complexity index is 1660. The van der Waals surface area contributed by atoms with Gasteiger partial charge in [-0.25, -0.2) is 9.97 Å². The number of anilines is 1. The zero-order valence-electron chi connectivity index (χ0n) is 24.7. The minimum Gasteiger partial charge on any atom is -0.493 e. The van der Waals surface area contributed by atoms with Crippen molar-refractivity contribution >= 4 is 52.4 Å². The van der Waals surface area contributed by atoms with E-state index in [1.165, 1.54) is 21.3 Å². The summed E-state index contributed by atoms with van der Waals surface area (Å²) in [5.41, 5.74) is 1.40. The van der Waals surface area contributed by atoms with E-state index in [9.17, 15) is 9.59 Å². The summed E-state index contributed by atoms with van der Waals surface area (Å²) in [5.74, 6) is 1.60. The Labute approximate surface area is 274 Å². The highest BCUT2D eigenvalue weighted by Crippen LogP contribution is 2.38. The zero-order valence-corrected chi connectivity index (χ0v) is 26.9. The number of rotatable bonds is 10. The molecule has 45 heavy (non-hydrogen) atoms. The predicted molar refractivity (Wildman–Crippen MR) is 170 cm³/mol. The van der Waals surface area contributed by atoms with Crippen molar-refractivity contribution < 1.29 is 23.8 Å². The molecule has 0 spiro atoms. The second kappa shape index (κ2) is 14.2. The molecule has 1 fully saturated rings. The van der Waals surface area contributed by atoms with Gasteiger partial charge < -0.3 is 29.3 Å². The van der Waals surface area contributed by atoms with Crippen LogP contribution in [-0.4, -0.2) is 83.2 Å². The third-order valence-electron chi connectivity index (χ3n) is 7.26. The van der Waals surface area contributed by atoms with Crippen molar-refractivity contribution in [3.05, 3.63) is 81.4 Å². The van der Waals surface area contributed by atoms with Gasteiger partial charge in [0.05, 0.1) is 37.8 Å². The minimum atomic E-state index is -0.860. The highest BCUT2D eigenvalue weighted by atomic mass is 35.5. The van der Waals surface area contributed by atoms with E-state index < -0.39 is 6.04 Å². The number of halogens is 3. The SMILES string of the molecule is COc1cc(CNC(=O)C2CN(c3cc(Cl)nc(-n4ccnc4)n3)CCN2C(=O)Cc2ccc(Cl)c(Cl)c2)cc(OC)c1OC. The molecule has 1 unspecified atom stereocenters. The Balaban J connectivity index is 1.40. The van der Waals surface area contributed by atoms with Gasteiger partial charge >= 0.3 is 0 Å². The van der Waals surface area contributed by atoms with Crippen molar-refractivity contribution in [2.45, 2.75) is 19.0 Å². The lowest BCUT2D eigenvalue weighted by molar-refractivity contribution is -0.140. The Morgan fingerprint density at radius 2 is 1.69 bits per heavy atom. The first-order valence-electron chi connectivity index (χ1n) is 13.8. The molecule has 2 aromatic carbocycles. The van der Waals surface area contributed by atoms with E-state index in [2.05, 4.69) is 20.3 Å². The summed E-state index contributed by atoms with van der Waals surface area (Å²) in [7, 11) is 4.56. The van der Waals surface area contributed by atoms with Crippen LogP contribution in [0.1, 0.15) is 11.1 Å². The van der Waals surface area contributed by atoms with E-state index in [1.807, 2.05) is 4.90 Å². The summed E-state index contributed by atoms with van der Waals surface area (Å²) in [6, 6.07) is 9.30. The van der Waals surface area contributed by atoms with Crippen LogP contribution in [-0.2, 0) is 22.6 Å². The third-order valence-corrected chi connectivity index (χ3v) is 8.20. The molecule has 3 heterocycles. The molecule has 0 bridgehead atoms. The predicted octanol–water partition coefficient (Wildman–Crippen LogP) is 4.22. The summed E-state index contributed by atoms with van der Waals surface area (Å²) in [6.07, 6.45) is 4.91. The standard InChI is InChI=1S/C30H30Cl3N7O5/c1-43-23-11-19(12-24(44-2)28(23)45-3)15-35-29(42)22-16-38(26-14-25(33)36-30(37-26)39-7-6-34-17-39)8-9-40(22)27(41)13-18-4-5-20(31)21(32)10-18/h4-7,10-12,14,17,22H,8-9,13,15-16H2,1-3H3,(H,35,42). The third kappa shape index (κ3) is 7.35. The maximum absolute atomic E-state index is 13.8. The number of benzene rings is 2. The number of hydrogen-bond donors (Lipinski definition) is 1. The number of piperazine rings is 1. The van der Waals surface area contributed by atoms with E-state index in [1.54, 1.807) is 64.6 Å². The number of nitrogens with one attached hydrogen (secondary N) is 1. The zero-order chi connectivity index (χ0) is 32.1. The van der Waals surface area contributed by atoms with Crippen molar-refractivity contribution in [1.29, 1.82) is 0 Å². The summed E-state index contributed by atoms with van der Waals surface area (Å²) in [4.78, 5) is 43.9. The quantitative estimate of drug-likeness (QED) is 0.246. The van der Waals surface area contributed by atoms with Gasteiger partial charge in [-0.3, -0.25) is 14.2 Å². The summed E-state index contributed by atoms with van der Waals surface area (Å²) in [5, 5.41) is 3.94. The highest BCUT2D eigenvalue weighted by molar-refractivity contribution is 6.42. The molecule has 0 aliphatic carbocycles. The lowest BCUT2D eigenvalue weighted by atomic mass is 10.1. The van der Waals surface area contributed by atoms with Gasteiger partial charge in [-0.05, 0) is 35.4 Å². The molecule has 236 valence electrons. The van der Waals surface area contributed by atoms with Gasteiger partial charge in [-0.15, -0.1) is 0 Å². The molecule has 15 heteroatoms. The van der Waals surface area contributed by atoms with E-state index in [0.29, 0.717) is 56.7 Å². The van der Waals surface area contributed by atoms with Crippen LogP contribution >= 0.6 is 34.8 Å². The first-order valence-corrected chi connectivity index (χ1v) is 14.9. The number of imidazole rings is 1. The van der Waals surface area contributed by atoms with Crippen molar-refractivity contribution in [3.8, 4) is 23.2 Å². The van der Waals surface area contributed by atoms with E-state index in [4.69, 9.17) is 49.0 Å². The van der Waals surface area contributed by atoms with Gasteiger partial charge in [0.25, 0.3) is 0 Å². The summed E-state index contributed by atoms with van der Waals surface area (Å²) in [6.45, 7) is 0.959. The molecular formula is C30H30Cl3N7O5. The Morgan fingerprint density at radius 1 is 0.933 bits per heavy atom. The number of methoxy groups -OCH3 is 3. The topological polar surface area (TPSA) is 124 Å². The molecule has 1 aliphatic rings. The average molecular weight is 675 g/mol. The molecule has 2 amide bonds. The molecule has 1 N–H and O–H groups in total. The van der Waals surface area contributed by atoms with Gasteiger partial charge in [0.15, 0.2) is 11.5 Å². The van der Waals surface area contributed by atoms with Crippen molar-refractivity contribution in [3.63, 3.8) is 0 Å². The fourth-order valence-corrected chi connectivity index (χ4v) is 5.53. The first kappa shape index (κ1) is 32.1. The van der Waals surface area contributed by atoms with Crippen LogP contribution in [0.4, 0.5) is 5.82 Å². The highest BCUT2D eigenvalue weighted by Gasteiger charge is 2.36. The maximum Gasteiger partial charge on any atom is 0.244 e. The van der Waals surface area contributed by atoms with Crippen LogP contribution < -0.4 is 24.4 Å². The van der Waals surface area contributed by atoms with Crippen LogP contribution in [0, 0.1) is 0 Å². The molecular weight excluding hydrogens is 645 g/mol. The molecule has 1 aliphatic heterocycles. The number of ether oxygens (including phenoxy) is 3. The molecule has 1 atom stereocenters. The number of nitrogens with zero attached hydrogens (tertiary/aromatic N) is 6. The fourth-order valence-electron chi connectivity index (χ4n) is 5.03. The molecule has 4 aromatic rings. The van der Waals surface area contributed by atoms with E-state index in [-0.39, 0.29) is 43.0 Å². The number of amides is 2. The number of carbonyl (C=O) groups excluding carboxylic acids is 2. The van der Waals surface area contributed by atoms with Gasteiger partial charge in [0.1, 0.15) is 23.3 Å². The van der Waals surface area contributed by atoms with Crippen LogP contribution in [0.15, 0.2) is 55.1 Å². The van der Waals surface area contributed by atoms with Crippen LogP contribution in [0.3, 0.4) is 0 Å². The molecule has 12 nitrogen and oxygen atoms in total. The fraction of sp³-hybridized carbons (Fsp3) is 0.300. The summed E-state index contributed by atoms with van der Waals surface area (Å²) < 4.78 is 17.9. The van der Waals surface area contributed by atoms with Crippen molar-refractivity contribution in [2.24, 2.45) is 0 Å². The first-order chi connectivity index (χ1) is 21.7. The van der Waals surface area contributed by atoms with Gasteiger partial charge in [0.2, 0.25) is 23.5 Å². The maximum atomic E-state index is 13.8. The Kier molecular flexibility index (Phi) is 10.2. The number of carbonyl (C=O) groups is 2. The number of aromatic nitrogens is 4. The molecule has 5 rings (SSSR count). The number of hydrogen-bond acceptors (Lipinski definition) is 9. The monoisotopic (exact) mass is 673 g/mol. The normalized spacial score (nSPS) is 14.7. The largest absolute Gasteiger partial charge is 0.493 e. The van der Waals surface area contributed by atoms with Crippen molar-refractivity contribution in [1.82, 2.24) is 29.7 Å². The average Bonchev–Trinajstić information content (AvgIpc) is 3.59. The second-order valence-corrected chi connectivity index (χ2v) is 11.2. The van der Waals surface area contributed by atoms with Crippen LogP contribution in [0.5, 0.6) is 17.2 Å². The lowest BCUT2D eigenvalue weighted by Crippen LogP contribution is -2.61. The van der Waals surface area contributed by atoms with Gasteiger partial charge in [-0.1, -0.05) is 40.9 Å². The Morgan fingerprint density at radius 3 is 2.33 bits per heavy atom. The molecule has 2 aromatic heterocycles. The molecule has 0 saturated carbocycles. The molecule has 1 saturated heterocycles. The van der Waals surface area contributed by atoms with Gasteiger partial charge in [0, 0.05) is 44.6 Å². The molecule has 0 radical (unpaired) electrons. The minimum absolute atomic E-state index is 0.0393.